The van der Waals surface area contributed by atoms with E-state index >= 15 is 0 Å². The van der Waals surface area contributed by atoms with Gasteiger partial charge in [0.2, 0.25) is 0 Å². The van der Waals surface area contributed by atoms with Gasteiger partial charge in [0.05, 0.1) is 0 Å². The van der Waals surface area contributed by atoms with Crippen molar-refractivity contribution in [2.75, 3.05) is 0 Å². The molecule has 0 fully saturated rings. The standard InChI is InChI=1S/C6H7N2O3.Ac/c7-5-2-1-4(10-11-8)3-6(5)9;/h1-3,7,9H,8H2;/q-1;. The van der Waals surface area contributed by atoms with Gasteiger partial charge in [0, 0.05) is 50.1 Å². The summed E-state index contributed by atoms with van der Waals surface area (Å²) in [4.78, 5) is 8.23. The van der Waals surface area contributed by atoms with Crippen molar-refractivity contribution in [3.63, 3.8) is 0 Å². The molecule has 1 aromatic rings. The van der Waals surface area contributed by atoms with E-state index in [9.17, 15) is 0 Å². The first-order valence-corrected chi connectivity index (χ1v) is 2.82. The summed E-state index contributed by atoms with van der Waals surface area (Å²) in [6.45, 7) is 0. The molecular weight excluding hydrogens is 375 g/mol. The fraction of sp³-hybridized carbons (Fsp3) is 0. The molecule has 0 saturated heterocycles. The first-order chi connectivity index (χ1) is 5.24. The third-order valence-electron chi connectivity index (χ3n) is 1.11. The molecule has 12 heavy (non-hydrogen) atoms. The fourth-order valence-electron chi connectivity index (χ4n) is 0.619. The van der Waals surface area contributed by atoms with E-state index in [1.54, 1.807) is 0 Å². The fourth-order valence-corrected chi connectivity index (χ4v) is 0.619. The van der Waals surface area contributed by atoms with Crippen LogP contribution in [0.3, 0.4) is 0 Å². The SMILES string of the molecule is [Ac].[NH-]c1ccc(OON)cc1O. The Morgan fingerprint density at radius 2 is 2.08 bits per heavy atom. The first kappa shape index (κ1) is 12.0. The maximum absolute atomic E-state index is 8.96. The zero-order chi connectivity index (χ0) is 8.27. The van der Waals surface area contributed by atoms with Gasteiger partial charge in [-0.25, -0.2) is 0 Å². The van der Waals surface area contributed by atoms with Crippen LogP contribution in [0.1, 0.15) is 0 Å². The van der Waals surface area contributed by atoms with Gasteiger partial charge in [0.1, 0.15) is 5.75 Å². The molecule has 0 spiro atoms. The Balaban J connectivity index is 0.00000121. The third-order valence-corrected chi connectivity index (χ3v) is 1.11. The van der Waals surface area contributed by atoms with Crippen LogP contribution in [0, 0.1) is 44.1 Å². The van der Waals surface area contributed by atoms with Gasteiger partial charge in [-0.05, 0) is 6.07 Å². The molecule has 63 valence electrons. The molecule has 0 saturated carbocycles. The number of rotatable bonds is 2. The Labute approximate surface area is 105 Å². The van der Waals surface area contributed by atoms with Gasteiger partial charge in [-0.2, -0.15) is 5.90 Å². The second kappa shape index (κ2) is 5.60. The van der Waals surface area contributed by atoms with E-state index in [4.69, 9.17) is 10.8 Å². The molecule has 0 amide bonds. The number of hydrogen-bond donors (Lipinski definition) is 2. The predicted octanol–water partition coefficient (Wildman–Crippen LogP) is 1.26. The number of nitrogens with two attached hydrogens (primary N) is 1. The summed E-state index contributed by atoms with van der Waals surface area (Å²) in [5.74, 6) is 4.67. The van der Waals surface area contributed by atoms with Crippen molar-refractivity contribution >= 4 is 5.69 Å². The van der Waals surface area contributed by atoms with Crippen LogP contribution in [0.4, 0.5) is 5.69 Å². The zero-order valence-electron chi connectivity index (χ0n) is 6.15. The molecule has 6 heteroatoms. The molecule has 0 atom stereocenters. The summed E-state index contributed by atoms with van der Waals surface area (Å²) >= 11 is 0. The Hall–Kier alpha value is -0.0184. The van der Waals surface area contributed by atoms with Gasteiger partial charge in [-0.3, -0.25) is 0 Å². The van der Waals surface area contributed by atoms with E-state index in [1.807, 2.05) is 0 Å². The summed E-state index contributed by atoms with van der Waals surface area (Å²) < 4.78 is 0. The summed E-state index contributed by atoms with van der Waals surface area (Å²) in [5.41, 5.74) is 7.09. The number of phenols is 1. The molecule has 0 unspecified atom stereocenters. The molecule has 1 rings (SSSR count). The number of phenolic OH excluding ortho intramolecular Hbond substituents is 1. The van der Waals surface area contributed by atoms with Gasteiger partial charge in [-0.15, -0.1) is 0 Å². The summed E-state index contributed by atoms with van der Waals surface area (Å²) in [7, 11) is 0. The minimum absolute atomic E-state index is 0. The average Bonchev–Trinajstić information content (AvgIpc) is 1.98. The minimum Gasteiger partial charge on any atom is -0.696 e. The van der Waals surface area contributed by atoms with Crippen molar-refractivity contribution in [3.8, 4) is 11.5 Å². The van der Waals surface area contributed by atoms with Gasteiger partial charge in [0.25, 0.3) is 0 Å². The van der Waals surface area contributed by atoms with E-state index in [0.29, 0.717) is 0 Å². The summed E-state index contributed by atoms with van der Waals surface area (Å²) in [6.07, 6.45) is 0. The van der Waals surface area contributed by atoms with Crippen LogP contribution in [0.2, 0.25) is 0 Å². The molecule has 0 aliphatic heterocycles. The Bertz CT molecular complexity index is 257. The van der Waals surface area contributed by atoms with Crippen molar-refractivity contribution in [3.05, 3.63) is 23.9 Å². The van der Waals surface area contributed by atoms with Crippen LogP contribution in [0.5, 0.6) is 11.5 Å². The Morgan fingerprint density at radius 1 is 1.42 bits per heavy atom. The molecule has 0 aromatic heterocycles. The molecule has 0 aliphatic rings. The van der Waals surface area contributed by atoms with Crippen molar-refractivity contribution < 1.29 is 59.0 Å². The second-order valence-electron chi connectivity index (χ2n) is 1.86. The van der Waals surface area contributed by atoms with Crippen LogP contribution in [-0.2, 0) is 4.99 Å². The van der Waals surface area contributed by atoms with Crippen LogP contribution < -0.4 is 10.8 Å². The summed E-state index contributed by atoms with van der Waals surface area (Å²) in [6, 6.07) is 4.05. The maximum atomic E-state index is 8.96. The number of nitrogens with one attached hydrogen (secondary N) is 1. The molecule has 0 heterocycles. The molecular formula is C6H7AcN2O3-. The van der Waals surface area contributed by atoms with E-state index < -0.39 is 0 Å². The van der Waals surface area contributed by atoms with Gasteiger partial charge in [-0.1, -0.05) is 16.7 Å². The van der Waals surface area contributed by atoms with E-state index in [0.717, 1.165) is 0 Å². The molecule has 1 radical (unpaired) electrons. The maximum Gasteiger partial charge on any atom is 0.171 e. The molecule has 1 aromatic carbocycles. The smallest absolute Gasteiger partial charge is 0.171 e. The van der Waals surface area contributed by atoms with Crippen molar-refractivity contribution in [2.45, 2.75) is 0 Å². The third kappa shape index (κ3) is 3.15. The average molecular weight is 382 g/mol. The predicted molar refractivity (Wildman–Crippen MR) is 38.0 cm³/mol. The van der Waals surface area contributed by atoms with E-state index in [-0.39, 0.29) is 61.2 Å². The van der Waals surface area contributed by atoms with Crippen LogP contribution in [0.25, 0.3) is 5.73 Å². The normalized spacial score (nSPS) is 8.75. The van der Waals surface area contributed by atoms with Gasteiger partial charge >= 0.3 is 0 Å². The number of benzene rings is 1. The number of hydrogen-bond acceptors (Lipinski definition) is 4. The van der Waals surface area contributed by atoms with Crippen molar-refractivity contribution in [1.82, 2.24) is 0 Å². The van der Waals surface area contributed by atoms with Crippen molar-refractivity contribution in [2.24, 2.45) is 5.90 Å². The first-order valence-electron chi connectivity index (χ1n) is 2.82. The Kier molecular flexibility index (Phi) is 5.59. The van der Waals surface area contributed by atoms with Crippen LogP contribution >= 0.6 is 0 Å². The van der Waals surface area contributed by atoms with E-state index in [2.05, 4.69) is 15.8 Å². The Morgan fingerprint density at radius 3 is 2.58 bits per heavy atom. The van der Waals surface area contributed by atoms with Gasteiger partial charge in [0.15, 0.2) is 5.75 Å². The van der Waals surface area contributed by atoms with Crippen LogP contribution in [-0.4, -0.2) is 5.11 Å². The number of aromatic hydroxyl groups is 1. The monoisotopic (exact) mass is 382 g/mol. The summed E-state index contributed by atoms with van der Waals surface area (Å²) in [5, 5.41) is 8.96. The molecule has 4 N–H and O–H groups in total. The molecule has 0 aliphatic carbocycles. The second-order valence-corrected chi connectivity index (χ2v) is 1.86. The van der Waals surface area contributed by atoms with Crippen molar-refractivity contribution in [1.29, 1.82) is 0 Å². The molecule has 5 nitrogen and oxygen atoms in total. The van der Waals surface area contributed by atoms with Gasteiger partial charge < -0.3 is 15.7 Å². The zero-order valence-corrected chi connectivity index (χ0v) is 10.9. The van der Waals surface area contributed by atoms with E-state index in [1.165, 1.54) is 18.2 Å². The topological polar surface area (TPSA) is 88.5 Å². The minimum atomic E-state index is -0.181. The largest absolute Gasteiger partial charge is 0.696 e. The molecule has 0 bridgehead atoms. The quantitative estimate of drug-likeness (QED) is 0.458. The van der Waals surface area contributed by atoms with Crippen LogP contribution in [0.15, 0.2) is 18.2 Å².